The standard InChI is InChI=1S/C12H13ClN2/c1-9(2)10-5-6-14-12(11(10)13)15-7-3-4-8-15/h3-9H,1-2H3. The van der Waals surface area contributed by atoms with Crippen LogP contribution in [0, 0.1) is 0 Å². The highest BCUT2D eigenvalue weighted by atomic mass is 35.5. The fraction of sp³-hybridized carbons (Fsp3) is 0.250. The lowest BCUT2D eigenvalue weighted by molar-refractivity contribution is 0.855. The molecule has 0 amide bonds. The van der Waals surface area contributed by atoms with E-state index in [1.165, 1.54) is 0 Å². The third-order valence-corrected chi connectivity index (χ3v) is 2.76. The second-order valence-electron chi connectivity index (χ2n) is 3.78. The lowest BCUT2D eigenvalue weighted by atomic mass is 10.1. The molecule has 0 spiro atoms. The molecule has 2 aromatic rings. The van der Waals surface area contributed by atoms with Crippen molar-refractivity contribution < 1.29 is 0 Å². The van der Waals surface area contributed by atoms with Crippen LogP contribution < -0.4 is 0 Å². The van der Waals surface area contributed by atoms with E-state index in [9.17, 15) is 0 Å². The smallest absolute Gasteiger partial charge is 0.155 e. The average Bonchev–Trinajstić information content (AvgIpc) is 2.70. The van der Waals surface area contributed by atoms with Crippen molar-refractivity contribution in [2.45, 2.75) is 19.8 Å². The van der Waals surface area contributed by atoms with Gasteiger partial charge in [0.1, 0.15) is 0 Å². The van der Waals surface area contributed by atoms with Gasteiger partial charge in [0.05, 0.1) is 5.02 Å². The third-order valence-electron chi connectivity index (χ3n) is 2.37. The van der Waals surface area contributed by atoms with Crippen molar-refractivity contribution >= 4 is 11.6 Å². The van der Waals surface area contributed by atoms with E-state index < -0.39 is 0 Å². The van der Waals surface area contributed by atoms with E-state index in [-0.39, 0.29) is 0 Å². The Balaban J connectivity index is 2.54. The summed E-state index contributed by atoms with van der Waals surface area (Å²) in [6.07, 6.45) is 5.69. The van der Waals surface area contributed by atoms with Gasteiger partial charge in [-0.1, -0.05) is 25.4 Å². The van der Waals surface area contributed by atoms with E-state index in [4.69, 9.17) is 11.6 Å². The van der Waals surface area contributed by atoms with Gasteiger partial charge in [0.25, 0.3) is 0 Å². The first-order valence-corrected chi connectivity index (χ1v) is 5.35. The maximum absolute atomic E-state index is 6.31. The first kappa shape index (κ1) is 10.2. The highest BCUT2D eigenvalue weighted by molar-refractivity contribution is 6.33. The highest BCUT2D eigenvalue weighted by Gasteiger charge is 2.10. The number of hydrogen-bond donors (Lipinski definition) is 0. The monoisotopic (exact) mass is 220 g/mol. The van der Waals surface area contributed by atoms with Gasteiger partial charge in [0.2, 0.25) is 0 Å². The van der Waals surface area contributed by atoms with Crippen molar-refractivity contribution in [2.75, 3.05) is 0 Å². The summed E-state index contributed by atoms with van der Waals surface area (Å²) in [5.74, 6) is 1.21. The molecule has 0 aliphatic heterocycles. The van der Waals surface area contributed by atoms with Crippen LogP contribution in [0.3, 0.4) is 0 Å². The van der Waals surface area contributed by atoms with Crippen LogP contribution in [-0.4, -0.2) is 9.55 Å². The summed E-state index contributed by atoms with van der Waals surface area (Å²) >= 11 is 6.31. The summed E-state index contributed by atoms with van der Waals surface area (Å²) in [7, 11) is 0. The van der Waals surface area contributed by atoms with Gasteiger partial charge < -0.3 is 4.57 Å². The number of hydrogen-bond acceptors (Lipinski definition) is 1. The minimum Gasteiger partial charge on any atom is -0.307 e. The molecular weight excluding hydrogens is 208 g/mol. The van der Waals surface area contributed by atoms with Crippen LogP contribution in [0.1, 0.15) is 25.3 Å². The molecule has 0 aliphatic carbocycles. The lowest BCUT2D eigenvalue weighted by Crippen LogP contribution is -1.99. The quantitative estimate of drug-likeness (QED) is 0.756. The number of halogens is 1. The van der Waals surface area contributed by atoms with E-state index in [2.05, 4.69) is 18.8 Å². The Kier molecular flexibility index (Phi) is 2.78. The zero-order valence-electron chi connectivity index (χ0n) is 8.81. The highest BCUT2D eigenvalue weighted by Crippen LogP contribution is 2.28. The molecule has 0 unspecified atom stereocenters. The molecule has 0 aliphatic rings. The molecule has 15 heavy (non-hydrogen) atoms. The Labute approximate surface area is 94.5 Å². The molecule has 0 radical (unpaired) electrons. The van der Waals surface area contributed by atoms with Gasteiger partial charge in [0, 0.05) is 18.6 Å². The molecule has 0 saturated carbocycles. The second kappa shape index (κ2) is 4.07. The SMILES string of the molecule is CC(C)c1ccnc(-n2cccc2)c1Cl. The maximum Gasteiger partial charge on any atom is 0.155 e. The normalized spacial score (nSPS) is 10.9. The fourth-order valence-corrected chi connectivity index (χ4v) is 1.98. The van der Waals surface area contributed by atoms with Crippen molar-refractivity contribution in [1.29, 1.82) is 0 Å². The zero-order valence-corrected chi connectivity index (χ0v) is 9.57. The molecule has 0 fully saturated rings. The van der Waals surface area contributed by atoms with Crippen molar-refractivity contribution in [3.05, 3.63) is 47.4 Å². The Morgan fingerprint density at radius 1 is 1.27 bits per heavy atom. The second-order valence-corrected chi connectivity index (χ2v) is 4.16. The van der Waals surface area contributed by atoms with Crippen molar-refractivity contribution in [1.82, 2.24) is 9.55 Å². The Hall–Kier alpha value is -1.28. The van der Waals surface area contributed by atoms with Crippen LogP contribution in [0.4, 0.5) is 0 Å². The topological polar surface area (TPSA) is 17.8 Å². The van der Waals surface area contributed by atoms with Crippen molar-refractivity contribution in [2.24, 2.45) is 0 Å². The predicted octanol–water partition coefficient (Wildman–Crippen LogP) is 3.65. The molecular formula is C12H13ClN2. The molecule has 3 heteroatoms. The molecule has 0 aromatic carbocycles. The molecule has 0 N–H and O–H groups in total. The molecule has 2 nitrogen and oxygen atoms in total. The largest absolute Gasteiger partial charge is 0.307 e. The summed E-state index contributed by atoms with van der Waals surface area (Å²) in [5.41, 5.74) is 1.13. The van der Waals surface area contributed by atoms with E-state index in [1.807, 2.05) is 35.2 Å². The molecule has 78 valence electrons. The van der Waals surface area contributed by atoms with Crippen LogP contribution in [-0.2, 0) is 0 Å². The first-order valence-electron chi connectivity index (χ1n) is 4.98. The predicted molar refractivity (Wildman–Crippen MR) is 62.7 cm³/mol. The first-order chi connectivity index (χ1) is 7.20. The minimum atomic E-state index is 0.412. The third kappa shape index (κ3) is 1.90. The molecule has 0 bridgehead atoms. The van der Waals surface area contributed by atoms with Gasteiger partial charge in [-0.2, -0.15) is 0 Å². The van der Waals surface area contributed by atoms with Crippen LogP contribution in [0.5, 0.6) is 0 Å². The van der Waals surface area contributed by atoms with Gasteiger partial charge in [0.15, 0.2) is 5.82 Å². The Morgan fingerprint density at radius 3 is 2.53 bits per heavy atom. The van der Waals surface area contributed by atoms with E-state index in [0.717, 1.165) is 16.4 Å². The van der Waals surface area contributed by atoms with E-state index >= 15 is 0 Å². The van der Waals surface area contributed by atoms with E-state index in [0.29, 0.717) is 5.92 Å². The number of rotatable bonds is 2. The molecule has 0 saturated heterocycles. The Morgan fingerprint density at radius 2 is 1.93 bits per heavy atom. The van der Waals surface area contributed by atoms with Crippen molar-refractivity contribution in [3.63, 3.8) is 0 Å². The van der Waals surface area contributed by atoms with Crippen LogP contribution in [0.25, 0.3) is 5.82 Å². The van der Waals surface area contributed by atoms with Crippen molar-refractivity contribution in [3.8, 4) is 5.82 Å². The molecule has 2 rings (SSSR count). The van der Waals surface area contributed by atoms with Crippen LogP contribution in [0.15, 0.2) is 36.8 Å². The fourth-order valence-electron chi connectivity index (χ4n) is 1.55. The van der Waals surface area contributed by atoms with Gasteiger partial charge >= 0.3 is 0 Å². The van der Waals surface area contributed by atoms with Gasteiger partial charge in [-0.25, -0.2) is 4.98 Å². The average molecular weight is 221 g/mol. The van der Waals surface area contributed by atoms with Gasteiger partial charge in [-0.15, -0.1) is 0 Å². The molecule has 2 aromatic heterocycles. The minimum absolute atomic E-state index is 0.412. The maximum atomic E-state index is 6.31. The van der Waals surface area contributed by atoms with Gasteiger partial charge in [-0.3, -0.25) is 0 Å². The van der Waals surface area contributed by atoms with Crippen LogP contribution in [0.2, 0.25) is 5.02 Å². The summed E-state index contributed by atoms with van der Waals surface area (Å²) in [6, 6.07) is 5.89. The summed E-state index contributed by atoms with van der Waals surface area (Å²) in [4.78, 5) is 4.29. The number of nitrogens with zero attached hydrogens (tertiary/aromatic N) is 2. The van der Waals surface area contributed by atoms with Gasteiger partial charge in [-0.05, 0) is 29.7 Å². The number of pyridine rings is 1. The number of aromatic nitrogens is 2. The summed E-state index contributed by atoms with van der Waals surface area (Å²) < 4.78 is 1.92. The summed E-state index contributed by atoms with van der Waals surface area (Å²) in [6.45, 7) is 4.25. The zero-order chi connectivity index (χ0) is 10.8. The Bertz CT molecular complexity index is 447. The molecule has 2 heterocycles. The summed E-state index contributed by atoms with van der Waals surface area (Å²) in [5, 5.41) is 0.740. The lowest BCUT2D eigenvalue weighted by Gasteiger charge is -2.11. The van der Waals surface area contributed by atoms with E-state index in [1.54, 1.807) is 6.20 Å². The van der Waals surface area contributed by atoms with Crippen LogP contribution >= 0.6 is 11.6 Å². The molecule has 0 atom stereocenters.